The molecule has 0 heterocycles. The van der Waals surface area contributed by atoms with Crippen molar-refractivity contribution in [2.45, 2.75) is 38.6 Å². The van der Waals surface area contributed by atoms with Gasteiger partial charge in [-0.15, -0.1) is 0 Å². The molecule has 4 unspecified atom stereocenters. The van der Waals surface area contributed by atoms with Gasteiger partial charge in [-0.05, 0) is 57.0 Å². The molecule has 0 amide bonds. The Kier molecular flexibility index (Phi) is 3.13. The maximum absolute atomic E-state index is 6.28. The van der Waals surface area contributed by atoms with Crippen LogP contribution in [0.2, 0.25) is 0 Å². The lowest BCUT2D eigenvalue weighted by Gasteiger charge is -2.31. The van der Waals surface area contributed by atoms with E-state index in [1.54, 1.807) is 0 Å². The zero-order chi connectivity index (χ0) is 10.1. The maximum Gasteiger partial charge on any atom is 0.0111 e. The first-order valence-electron chi connectivity index (χ1n) is 6.16. The Hall–Kier alpha value is -0.0800. The van der Waals surface area contributed by atoms with Crippen LogP contribution in [-0.2, 0) is 0 Å². The minimum Gasteiger partial charge on any atom is -0.327 e. The summed E-state index contributed by atoms with van der Waals surface area (Å²) < 4.78 is 0. The lowest BCUT2D eigenvalue weighted by atomic mass is 9.84. The third-order valence-electron chi connectivity index (χ3n) is 4.29. The van der Waals surface area contributed by atoms with Gasteiger partial charge < -0.3 is 10.6 Å². The number of hydrogen-bond acceptors (Lipinski definition) is 2. The Labute approximate surface area is 87.8 Å². The summed E-state index contributed by atoms with van der Waals surface area (Å²) in [5.41, 5.74) is 6.28. The Morgan fingerprint density at radius 1 is 1.29 bits per heavy atom. The molecule has 82 valence electrons. The van der Waals surface area contributed by atoms with Crippen LogP contribution >= 0.6 is 0 Å². The van der Waals surface area contributed by atoms with Crippen molar-refractivity contribution in [1.82, 2.24) is 4.90 Å². The zero-order valence-corrected chi connectivity index (χ0v) is 9.58. The van der Waals surface area contributed by atoms with Crippen LogP contribution < -0.4 is 5.73 Å². The summed E-state index contributed by atoms with van der Waals surface area (Å²) in [4.78, 5) is 2.46. The van der Waals surface area contributed by atoms with Crippen LogP contribution in [0.1, 0.15) is 32.6 Å². The molecule has 0 saturated heterocycles. The highest BCUT2D eigenvalue weighted by Gasteiger charge is 2.45. The highest BCUT2D eigenvalue weighted by atomic mass is 15.1. The molecule has 2 aliphatic carbocycles. The lowest BCUT2D eigenvalue weighted by molar-refractivity contribution is 0.199. The number of rotatable bonds is 4. The van der Waals surface area contributed by atoms with Crippen LogP contribution in [0.5, 0.6) is 0 Å². The van der Waals surface area contributed by atoms with Crippen molar-refractivity contribution < 1.29 is 0 Å². The van der Waals surface area contributed by atoms with Crippen molar-refractivity contribution in [1.29, 1.82) is 0 Å². The topological polar surface area (TPSA) is 29.3 Å². The van der Waals surface area contributed by atoms with E-state index in [1.807, 2.05) is 0 Å². The van der Waals surface area contributed by atoms with Crippen molar-refractivity contribution in [3.63, 3.8) is 0 Å². The molecule has 0 radical (unpaired) electrons. The molecule has 0 aliphatic heterocycles. The second kappa shape index (κ2) is 4.19. The molecule has 2 fully saturated rings. The van der Waals surface area contributed by atoms with Crippen molar-refractivity contribution >= 4 is 0 Å². The molecule has 0 aromatic heterocycles. The van der Waals surface area contributed by atoms with Gasteiger partial charge in [-0.1, -0.05) is 6.92 Å². The molecule has 2 heteroatoms. The second-order valence-electron chi connectivity index (χ2n) is 5.34. The zero-order valence-electron chi connectivity index (χ0n) is 9.58. The van der Waals surface area contributed by atoms with Crippen molar-refractivity contribution in [3.05, 3.63) is 0 Å². The van der Waals surface area contributed by atoms with Crippen molar-refractivity contribution in [3.8, 4) is 0 Å². The summed E-state index contributed by atoms with van der Waals surface area (Å²) in [5.74, 6) is 2.61. The predicted molar refractivity (Wildman–Crippen MR) is 60.1 cm³/mol. The summed E-state index contributed by atoms with van der Waals surface area (Å²) in [6.07, 6.45) is 5.53. The number of nitrogens with two attached hydrogens (primary N) is 1. The number of hydrogen-bond donors (Lipinski definition) is 1. The van der Waals surface area contributed by atoms with Gasteiger partial charge in [0.25, 0.3) is 0 Å². The molecule has 0 aromatic carbocycles. The van der Waals surface area contributed by atoms with Crippen LogP contribution in [0.4, 0.5) is 0 Å². The van der Waals surface area contributed by atoms with Crippen LogP contribution in [0.3, 0.4) is 0 Å². The first-order valence-corrected chi connectivity index (χ1v) is 6.16. The van der Waals surface area contributed by atoms with E-state index in [2.05, 4.69) is 18.9 Å². The van der Waals surface area contributed by atoms with Gasteiger partial charge in [0.15, 0.2) is 0 Å². The predicted octanol–water partition coefficient (Wildman–Crippen LogP) is 1.70. The monoisotopic (exact) mass is 196 g/mol. The first-order chi connectivity index (χ1) is 6.72. The van der Waals surface area contributed by atoms with E-state index in [9.17, 15) is 0 Å². The van der Waals surface area contributed by atoms with Gasteiger partial charge >= 0.3 is 0 Å². The summed E-state index contributed by atoms with van der Waals surface area (Å²) in [7, 11) is 2.24. The molecular weight excluding hydrogens is 172 g/mol. The van der Waals surface area contributed by atoms with Gasteiger partial charge in [0, 0.05) is 12.6 Å². The highest BCUT2D eigenvalue weighted by molar-refractivity contribution is 4.99. The van der Waals surface area contributed by atoms with Crippen LogP contribution in [0, 0.1) is 17.8 Å². The molecule has 2 saturated carbocycles. The van der Waals surface area contributed by atoms with Crippen LogP contribution in [0.15, 0.2) is 0 Å². The Morgan fingerprint density at radius 2 is 2.00 bits per heavy atom. The summed E-state index contributed by atoms with van der Waals surface area (Å²) >= 11 is 0. The van der Waals surface area contributed by atoms with Gasteiger partial charge in [0.2, 0.25) is 0 Å². The fourth-order valence-corrected chi connectivity index (χ4v) is 3.56. The van der Waals surface area contributed by atoms with E-state index in [-0.39, 0.29) is 0 Å². The second-order valence-corrected chi connectivity index (χ2v) is 5.34. The quantitative estimate of drug-likeness (QED) is 0.741. The lowest BCUT2D eigenvalue weighted by Crippen LogP contribution is -2.42. The Bertz CT molecular complexity index is 191. The molecule has 14 heavy (non-hydrogen) atoms. The molecule has 0 aromatic rings. The Morgan fingerprint density at radius 3 is 2.57 bits per heavy atom. The molecule has 4 atom stereocenters. The van der Waals surface area contributed by atoms with Crippen LogP contribution in [0.25, 0.3) is 0 Å². The average Bonchev–Trinajstić information content (AvgIpc) is 2.70. The van der Waals surface area contributed by atoms with Crippen molar-refractivity contribution in [2.24, 2.45) is 23.5 Å². The van der Waals surface area contributed by atoms with Gasteiger partial charge in [0.05, 0.1) is 0 Å². The molecule has 2 N–H and O–H groups in total. The van der Waals surface area contributed by atoms with Crippen LogP contribution in [-0.4, -0.2) is 31.1 Å². The highest BCUT2D eigenvalue weighted by Crippen LogP contribution is 2.47. The van der Waals surface area contributed by atoms with E-state index in [1.165, 1.54) is 38.8 Å². The summed E-state index contributed by atoms with van der Waals surface area (Å²) in [6, 6.07) is 0.507. The van der Waals surface area contributed by atoms with Gasteiger partial charge in [-0.25, -0.2) is 0 Å². The molecule has 2 rings (SSSR count). The van der Waals surface area contributed by atoms with E-state index < -0.39 is 0 Å². The standard InChI is InChI=1S/C12H24N2/c1-3-6-14(2)8-11-9-4-5-10(7-9)12(11)13/h9-12H,3-8,13H2,1-2H3. The SMILES string of the molecule is CCCN(C)CC1C2CCC(C2)C1N. The summed E-state index contributed by atoms with van der Waals surface area (Å²) in [5, 5.41) is 0. The average molecular weight is 196 g/mol. The number of nitrogens with zero attached hydrogens (tertiary/aromatic N) is 1. The number of fused-ring (bicyclic) bond motifs is 2. The molecule has 2 bridgehead atoms. The minimum atomic E-state index is 0.507. The van der Waals surface area contributed by atoms with E-state index >= 15 is 0 Å². The largest absolute Gasteiger partial charge is 0.327 e. The maximum atomic E-state index is 6.28. The normalized spacial score (nSPS) is 41.1. The van der Waals surface area contributed by atoms with E-state index in [4.69, 9.17) is 5.73 Å². The smallest absolute Gasteiger partial charge is 0.0111 e. The third kappa shape index (κ3) is 1.82. The summed E-state index contributed by atoms with van der Waals surface area (Å²) in [6.45, 7) is 4.70. The van der Waals surface area contributed by atoms with E-state index in [0.29, 0.717) is 6.04 Å². The van der Waals surface area contributed by atoms with Crippen molar-refractivity contribution in [2.75, 3.05) is 20.1 Å². The Balaban J connectivity index is 1.86. The molecule has 2 aliphatic rings. The third-order valence-corrected chi connectivity index (χ3v) is 4.29. The van der Waals surface area contributed by atoms with E-state index in [0.717, 1.165) is 17.8 Å². The van der Waals surface area contributed by atoms with Gasteiger partial charge in [0.1, 0.15) is 0 Å². The molecule has 0 spiro atoms. The fraction of sp³-hybridized carbons (Fsp3) is 1.00. The molecule has 2 nitrogen and oxygen atoms in total. The first kappa shape index (κ1) is 10.4. The minimum absolute atomic E-state index is 0.507. The van der Waals surface area contributed by atoms with Gasteiger partial charge in [-0.3, -0.25) is 0 Å². The fourth-order valence-electron chi connectivity index (χ4n) is 3.56. The van der Waals surface area contributed by atoms with Gasteiger partial charge in [-0.2, -0.15) is 0 Å². The molecular formula is C12H24N2.